The summed E-state index contributed by atoms with van der Waals surface area (Å²) in [5.41, 5.74) is 0.0978. The normalized spacial score (nSPS) is 26.0. The molecule has 4 rings (SSSR count). The Morgan fingerprint density at radius 2 is 2.43 bits per heavy atom. The summed E-state index contributed by atoms with van der Waals surface area (Å²) >= 11 is 1.52. The average molecular weight is 332 g/mol. The topological polar surface area (TPSA) is 42.4 Å². The van der Waals surface area contributed by atoms with Crippen LogP contribution in [0.25, 0.3) is 10.2 Å². The molecule has 0 aliphatic carbocycles. The molecule has 2 aliphatic rings. The molecule has 0 N–H and O–H groups in total. The first kappa shape index (κ1) is 14.6. The molecular formula is C17H17FN2O2S. The van der Waals surface area contributed by atoms with Crippen LogP contribution < -0.4 is 0 Å². The van der Waals surface area contributed by atoms with Gasteiger partial charge < -0.3 is 4.74 Å². The van der Waals surface area contributed by atoms with Crippen molar-refractivity contribution in [2.45, 2.75) is 37.8 Å². The second-order valence-corrected chi connectivity index (χ2v) is 6.99. The molecule has 3 heterocycles. The SMILES string of the molecule is CCOC(=O)N1C2CC=CC1(c1nc3cc(F)ccc3s1)CC2. The van der Waals surface area contributed by atoms with Crippen LogP contribution in [0.2, 0.25) is 0 Å². The van der Waals surface area contributed by atoms with Crippen molar-refractivity contribution in [1.29, 1.82) is 0 Å². The van der Waals surface area contributed by atoms with Crippen LogP contribution in [0.5, 0.6) is 0 Å². The van der Waals surface area contributed by atoms with Crippen LogP contribution in [0.4, 0.5) is 9.18 Å². The van der Waals surface area contributed by atoms with E-state index in [1.165, 1.54) is 23.5 Å². The van der Waals surface area contributed by atoms with E-state index in [1.807, 2.05) is 11.8 Å². The van der Waals surface area contributed by atoms with E-state index in [-0.39, 0.29) is 18.0 Å². The molecule has 0 radical (unpaired) electrons. The van der Waals surface area contributed by atoms with Gasteiger partial charge in [0.05, 0.1) is 16.8 Å². The fourth-order valence-corrected chi connectivity index (χ4v) is 4.78. The summed E-state index contributed by atoms with van der Waals surface area (Å²) in [7, 11) is 0. The van der Waals surface area contributed by atoms with Crippen molar-refractivity contribution in [3.05, 3.63) is 41.2 Å². The zero-order valence-electron chi connectivity index (χ0n) is 12.8. The van der Waals surface area contributed by atoms with Gasteiger partial charge in [-0.25, -0.2) is 14.2 Å². The first-order valence-electron chi connectivity index (χ1n) is 7.84. The van der Waals surface area contributed by atoms with E-state index in [0.717, 1.165) is 29.0 Å². The molecule has 1 saturated heterocycles. The number of carbonyl (C=O) groups excluding carboxylic acids is 1. The number of hydrogen-bond acceptors (Lipinski definition) is 4. The second kappa shape index (κ2) is 5.30. The fraction of sp³-hybridized carbons (Fsp3) is 0.412. The maximum Gasteiger partial charge on any atom is 0.411 e. The number of nitrogens with zero attached hydrogens (tertiary/aromatic N) is 2. The number of amides is 1. The predicted octanol–water partition coefficient (Wildman–Crippen LogP) is 4.21. The predicted molar refractivity (Wildman–Crippen MR) is 86.9 cm³/mol. The van der Waals surface area contributed by atoms with Crippen LogP contribution >= 0.6 is 11.3 Å². The summed E-state index contributed by atoms with van der Waals surface area (Å²) in [6.07, 6.45) is 6.51. The third kappa shape index (κ3) is 2.16. The molecule has 2 atom stereocenters. The lowest BCUT2D eigenvalue weighted by atomic mass is 9.95. The number of carbonyl (C=O) groups is 1. The lowest BCUT2D eigenvalue weighted by Crippen LogP contribution is -2.49. The van der Waals surface area contributed by atoms with E-state index in [4.69, 9.17) is 4.74 Å². The maximum absolute atomic E-state index is 13.4. The van der Waals surface area contributed by atoms with Crippen molar-refractivity contribution in [3.8, 4) is 0 Å². The van der Waals surface area contributed by atoms with Gasteiger partial charge in [-0.2, -0.15) is 0 Å². The Morgan fingerprint density at radius 3 is 3.26 bits per heavy atom. The van der Waals surface area contributed by atoms with Gasteiger partial charge in [0.25, 0.3) is 0 Å². The van der Waals surface area contributed by atoms with Gasteiger partial charge in [0.2, 0.25) is 0 Å². The molecule has 1 fully saturated rings. The van der Waals surface area contributed by atoms with Crippen LogP contribution in [0.15, 0.2) is 30.4 Å². The number of thiazole rings is 1. The molecule has 1 aromatic heterocycles. The van der Waals surface area contributed by atoms with Crippen molar-refractivity contribution < 1.29 is 13.9 Å². The first-order chi connectivity index (χ1) is 11.1. The molecule has 23 heavy (non-hydrogen) atoms. The summed E-state index contributed by atoms with van der Waals surface area (Å²) in [6, 6.07) is 4.79. The van der Waals surface area contributed by atoms with Crippen molar-refractivity contribution in [3.63, 3.8) is 0 Å². The Kier molecular flexibility index (Phi) is 3.37. The highest BCUT2D eigenvalue weighted by Gasteiger charge is 2.52. The molecule has 4 nitrogen and oxygen atoms in total. The van der Waals surface area contributed by atoms with Gasteiger partial charge in [-0.1, -0.05) is 12.2 Å². The Balaban J connectivity index is 1.83. The molecule has 2 unspecified atom stereocenters. The van der Waals surface area contributed by atoms with Gasteiger partial charge in [0, 0.05) is 12.1 Å². The van der Waals surface area contributed by atoms with Crippen molar-refractivity contribution in [2.75, 3.05) is 6.61 Å². The number of fused-ring (bicyclic) bond motifs is 3. The average Bonchev–Trinajstić information content (AvgIpc) is 3.05. The molecule has 1 amide bonds. The van der Waals surface area contributed by atoms with Crippen molar-refractivity contribution >= 4 is 27.6 Å². The van der Waals surface area contributed by atoms with E-state index in [2.05, 4.69) is 17.1 Å². The molecule has 2 aliphatic heterocycles. The highest BCUT2D eigenvalue weighted by atomic mass is 32.1. The lowest BCUT2D eigenvalue weighted by molar-refractivity contribution is 0.0663. The molecule has 2 aromatic rings. The fourth-order valence-electron chi connectivity index (χ4n) is 3.64. The minimum atomic E-state index is -0.546. The zero-order chi connectivity index (χ0) is 16.0. The molecule has 120 valence electrons. The van der Waals surface area contributed by atoms with Gasteiger partial charge in [-0.3, -0.25) is 4.90 Å². The van der Waals surface area contributed by atoms with Crippen LogP contribution in [-0.2, 0) is 10.3 Å². The summed E-state index contributed by atoms with van der Waals surface area (Å²) in [5, 5.41) is 0.838. The number of ether oxygens (including phenoxy) is 1. The van der Waals surface area contributed by atoms with Crippen LogP contribution in [0.1, 0.15) is 31.2 Å². The first-order valence-corrected chi connectivity index (χ1v) is 8.66. The Labute approximate surface area is 137 Å². The van der Waals surface area contributed by atoms with Gasteiger partial charge in [0.1, 0.15) is 16.4 Å². The van der Waals surface area contributed by atoms with Gasteiger partial charge in [-0.05, 0) is 38.3 Å². The van der Waals surface area contributed by atoms with E-state index in [1.54, 1.807) is 6.07 Å². The zero-order valence-corrected chi connectivity index (χ0v) is 13.6. The lowest BCUT2D eigenvalue weighted by Gasteiger charge is -2.39. The maximum atomic E-state index is 13.4. The summed E-state index contributed by atoms with van der Waals surface area (Å²) in [4.78, 5) is 19.0. The van der Waals surface area contributed by atoms with E-state index < -0.39 is 5.54 Å². The quantitative estimate of drug-likeness (QED) is 0.774. The number of aromatic nitrogens is 1. The van der Waals surface area contributed by atoms with E-state index >= 15 is 0 Å². The third-order valence-electron chi connectivity index (χ3n) is 4.64. The molecular weight excluding hydrogens is 315 g/mol. The van der Waals surface area contributed by atoms with Crippen LogP contribution in [0.3, 0.4) is 0 Å². The second-order valence-electron chi connectivity index (χ2n) is 5.95. The number of rotatable bonds is 2. The minimum absolute atomic E-state index is 0.155. The van der Waals surface area contributed by atoms with Crippen molar-refractivity contribution in [2.24, 2.45) is 0 Å². The Hall–Kier alpha value is -1.95. The number of benzene rings is 1. The molecule has 1 aromatic carbocycles. The highest BCUT2D eigenvalue weighted by molar-refractivity contribution is 7.18. The smallest absolute Gasteiger partial charge is 0.411 e. The third-order valence-corrected chi connectivity index (χ3v) is 5.84. The van der Waals surface area contributed by atoms with E-state index in [9.17, 15) is 9.18 Å². The molecule has 0 spiro atoms. The van der Waals surface area contributed by atoms with E-state index in [0.29, 0.717) is 12.1 Å². The van der Waals surface area contributed by atoms with Gasteiger partial charge in [0.15, 0.2) is 0 Å². The summed E-state index contributed by atoms with van der Waals surface area (Å²) in [6.45, 7) is 2.17. The van der Waals surface area contributed by atoms with Crippen LogP contribution in [0, 0.1) is 5.82 Å². The molecule has 0 saturated carbocycles. The highest BCUT2D eigenvalue weighted by Crippen LogP contribution is 2.49. The van der Waals surface area contributed by atoms with Gasteiger partial charge in [-0.15, -0.1) is 11.3 Å². The minimum Gasteiger partial charge on any atom is -0.450 e. The Morgan fingerprint density at radius 1 is 1.57 bits per heavy atom. The summed E-state index contributed by atoms with van der Waals surface area (Å²) in [5.74, 6) is -0.294. The Bertz CT molecular complexity index is 803. The monoisotopic (exact) mass is 332 g/mol. The van der Waals surface area contributed by atoms with Gasteiger partial charge >= 0.3 is 6.09 Å². The summed E-state index contributed by atoms with van der Waals surface area (Å²) < 4.78 is 19.6. The standard InChI is InChI=1S/C17H17FN2O2S/c1-2-22-16(21)20-12-4-3-8-17(20,9-7-12)15-19-13-10-11(18)5-6-14(13)23-15/h3,5-6,8,10,12H,2,4,7,9H2,1H3. The van der Waals surface area contributed by atoms with Crippen LogP contribution in [-0.4, -0.2) is 28.6 Å². The largest absolute Gasteiger partial charge is 0.450 e. The van der Waals surface area contributed by atoms with Crippen molar-refractivity contribution in [1.82, 2.24) is 9.88 Å². The number of hydrogen-bond donors (Lipinski definition) is 0. The number of halogens is 1. The molecule has 2 bridgehead atoms. The molecule has 6 heteroatoms.